The molecule has 0 aromatic heterocycles. The molecule has 0 spiro atoms. The van der Waals surface area contributed by atoms with Gasteiger partial charge in [-0.25, -0.2) is 0 Å². The quantitative estimate of drug-likeness (QED) is 0.588. The monoisotopic (exact) mass is 290 g/mol. The van der Waals surface area contributed by atoms with E-state index in [0.717, 1.165) is 19.0 Å². The molecule has 0 fully saturated rings. The van der Waals surface area contributed by atoms with Gasteiger partial charge in [-0.15, -0.1) is 0 Å². The average molecular weight is 290 g/mol. The molecule has 120 valence electrons. The molecule has 2 atom stereocenters. The lowest BCUT2D eigenvalue weighted by Crippen LogP contribution is -2.30. The lowest BCUT2D eigenvalue weighted by molar-refractivity contribution is 0.428. The van der Waals surface area contributed by atoms with Crippen molar-refractivity contribution in [1.29, 1.82) is 0 Å². The van der Waals surface area contributed by atoms with Crippen molar-refractivity contribution in [3.05, 3.63) is 35.9 Å². The molecule has 1 rings (SSSR count). The molecule has 3 N–H and O–H groups in total. The van der Waals surface area contributed by atoms with E-state index in [0.29, 0.717) is 5.92 Å². The average Bonchev–Trinajstić information content (AvgIpc) is 2.49. The van der Waals surface area contributed by atoms with Crippen LogP contribution in [0.25, 0.3) is 0 Å². The summed E-state index contributed by atoms with van der Waals surface area (Å²) in [7, 11) is 0. The van der Waals surface area contributed by atoms with Crippen molar-refractivity contribution in [2.24, 2.45) is 17.6 Å². The van der Waals surface area contributed by atoms with E-state index in [2.05, 4.69) is 50.4 Å². The van der Waals surface area contributed by atoms with Crippen molar-refractivity contribution in [3.8, 4) is 0 Å². The van der Waals surface area contributed by atoms with Gasteiger partial charge in [0.15, 0.2) is 0 Å². The molecule has 0 aliphatic rings. The van der Waals surface area contributed by atoms with Crippen molar-refractivity contribution in [1.82, 2.24) is 5.32 Å². The standard InChI is InChI=1S/C19H34N2/c1-16(2)11-7-4-5-10-14-21-15-17(3)19(20)18-12-8-6-9-13-18/h6,8-9,12-13,16-17,19,21H,4-5,7,10-11,14-15,20H2,1-3H3. The molecule has 2 unspecified atom stereocenters. The Kier molecular flexibility index (Phi) is 9.36. The Balaban J connectivity index is 2.04. The van der Waals surface area contributed by atoms with E-state index in [-0.39, 0.29) is 6.04 Å². The predicted octanol–water partition coefficient (Wildman–Crippen LogP) is 4.52. The van der Waals surface area contributed by atoms with Crippen molar-refractivity contribution in [2.75, 3.05) is 13.1 Å². The number of nitrogens with two attached hydrogens (primary N) is 1. The van der Waals surface area contributed by atoms with Crippen LogP contribution in [0.15, 0.2) is 30.3 Å². The first-order valence-electron chi connectivity index (χ1n) is 8.62. The fourth-order valence-corrected chi connectivity index (χ4v) is 2.62. The summed E-state index contributed by atoms with van der Waals surface area (Å²) in [4.78, 5) is 0. The fraction of sp³-hybridized carbons (Fsp3) is 0.684. The number of unbranched alkanes of at least 4 members (excludes halogenated alkanes) is 3. The van der Waals surface area contributed by atoms with Gasteiger partial charge >= 0.3 is 0 Å². The zero-order valence-corrected chi connectivity index (χ0v) is 14.1. The molecule has 0 aliphatic heterocycles. The van der Waals surface area contributed by atoms with Crippen LogP contribution in [0.3, 0.4) is 0 Å². The topological polar surface area (TPSA) is 38.0 Å². The number of hydrogen-bond acceptors (Lipinski definition) is 2. The zero-order chi connectivity index (χ0) is 15.5. The molecule has 0 saturated heterocycles. The SMILES string of the molecule is CC(C)CCCCCCNCC(C)C(N)c1ccccc1. The highest BCUT2D eigenvalue weighted by atomic mass is 14.9. The van der Waals surface area contributed by atoms with E-state index < -0.39 is 0 Å². The Morgan fingerprint density at radius 2 is 1.62 bits per heavy atom. The predicted molar refractivity (Wildman–Crippen MR) is 93.3 cm³/mol. The number of hydrogen-bond donors (Lipinski definition) is 2. The van der Waals surface area contributed by atoms with Crippen molar-refractivity contribution < 1.29 is 0 Å². The van der Waals surface area contributed by atoms with Crippen molar-refractivity contribution in [2.45, 2.75) is 58.9 Å². The number of benzene rings is 1. The molecule has 0 heterocycles. The maximum atomic E-state index is 6.31. The van der Waals surface area contributed by atoms with Gasteiger partial charge < -0.3 is 11.1 Å². The Labute approximate surface area is 131 Å². The number of rotatable bonds is 11. The Hall–Kier alpha value is -0.860. The normalized spacial score (nSPS) is 14.3. The van der Waals surface area contributed by atoms with Gasteiger partial charge in [0.25, 0.3) is 0 Å². The molecule has 0 amide bonds. The summed E-state index contributed by atoms with van der Waals surface area (Å²) >= 11 is 0. The largest absolute Gasteiger partial charge is 0.324 e. The van der Waals surface area contributed by atoms with Gasteiger partial charge in [0, 0.05) is 6.04 Å². The Morgan fingerprint density at radius 3 is 2.29 bits per heavy atom. The molecule has 0 aliphatic carbocycles. The molecule has 2 nitrogen and oxygen atoms in total. The summed E-state index contributed by atoms with van der Waals surface area (Å²) < 4.78 is 0. The molecule has 2 heteroatoms. The first-order valence-corrected chi connectivity index (χ1v) is 8.62. The maximum absolute atomic E-state index is 6.31. The van der Waals surface area contributed by atoms with Crippen LogP contribution >= 0.6 is 0 Å². The molecule has 21 heavy (non-hydrogen) atoms. The van der Waals surface area contributed by atoms with Gasteiger partial charge in [0.05, 0.1) is 0 Å². The highest BCUT2D eigenvalue weighted by Crippen LogP contribution is 2.18. The first kappa shape index (κ1) is 18.2. The van der Waals surface area contributed by atoms with Gasteiger partial charge in [0.2, 0.25) is 0 Å². The van der Waals surface area contributed by atoms with Crippen LogP contribution in [0.2, 0.25) is 0 Å². The molecular formula is C19H34N2. The minimum Gasteiger partial charge on any atom is -0.324 e. The second-order valence-electron chi connectivity index (χ2n) is 6.71. The van der Waals surface area contributed by atoms with Crippen LogP contribution in [-0.4, -0.2) is 13.1 Å². The van der Waals surface area contributed by atoms with Gasteiger partial charge in [0.1, 0.15) is 0 Å². The Morgan fingerprint density at radius 1 is 0.952 bits per heavy atom. The second-order valence-corrected chi connectivity index (χ2v) is 6.71. The van der Waals surface area contributed by atoms with Crippen LogP contribution in [0.4, 0.5) is 0 Å². The summed E-state index contributed by atoms with van der Waals surface area (Å²) in [5, 5.41) is 3.56. The summed E-state index contributed by atoms with van der Waals surface area (Å²) in [5.74, 6) is 1.32. The second kappa shape index (κ2) is 10.8. The third kappa shape index (κ3) is 8.23. The summed E-state index contributed by atoms with van der Waals surface area (Å²) in [6.45, 7) is 8.96. The van der Waals surface area contributed by atoms with Gasteiger partial charge in [-0.05, 0) is 36.9 Å². The van der Waals surface area contributed by atoms with Gasteiger partial charge in [-0.1, -0.05) is 76.8 Å². The van der Waals surface area contributed by atoms with Crippen LogP contribution in [0.1, 0.15) is 64.5 Å². The van der Waals surface area contributed by atoms with Gasteiger partial charge in [-0.3, -0.25) is 0 Å². The third-order valence-corrected chi connectivity index (χ3v) is 4.15. The minimum atomic E-state index is 0.129. The summed E-state index contributed by atoms with van der Waals surface area (Å²) in [6.07, 6.45) is 6.76. The van der Waals surface area contributed by atoms with Crippen molar-refractivity contribution >= 4 is 0 Å². The molecule has 0 bridgehead atoms. The highest BCUT2D eigenvalue weighted by Gasteiger charge is 2.13. The van der Waals surface area contributed by atoms with E-state index in [1.165, 1.54) is 37.7 Å². The minimum absolute atomic E-state index is 0.129. The maximum Gasteiger partial charge on any atom is 0.0333 e. The van der Waals surface area contributed by atoms with Crippen LogP contribution in [0, 0.1) is 11.8 Å². The Bertz CT molecular complexity index is 348. The molecule has 0 saturated carbocycles. The summed E-state index contributed by atoms with van der Waals surface area (Å²) in [6, 6.07) is 10.5. The van der Waals surface area contributed by atoms with Crippen LogP contribution < -0.4 is 11.1 Å². The van der Waals surface area contributed by atoms with Crippen molar-refractivity contribution in [3.63, 3.8) is 0 Å². The van der Waals surface area contributed by atoms with Crippen LogP contribution in [-0.2, 0) is 0 Å². The third-order valence-electron chi connectivity index (χ3n) is 4.15. The van der Waals surface area contributed by atoms with E-state index in [1.807, 2.05) is 6.07 Å². The van der Waals surface area contributed by atoms with E-state index in [1.54, 1.807) is 0 Å². The lowest BCUT2D eigenvalue weighted by atomic mass is 9.95. The smallest absolute Gasteiger partial charge is 0.0333 e. The lowest BCUT2D eigenvalue weighted by Gasteiger charge is -2.20. The molecule has 1 aromatic rings. The van der Waals surface area contributed by atoms with E-state index in [9.17, 15) is 0 Å². The molecular weight excluding hydrogens is 256 g/mol. The number of nitrogens with one attached hydrogen (secondary N) is 1. The fourth-order valence-electron chi connectivity index (χ4n) is 2.62. The summed E-state index contributed by atoms with van der Waals surface area (Å²) in [5.41, 5.74) is 7.54. The molecule has 0 radical (unpaired) electrons. The van der Waals surface area contributed by atoms with E-state index >= 15 is 0 Å². The highest BCUT2D eigenvalue weighted by molar-refractivity contribution is 5.19. The first-order chi connectivity index (χ1) is 10.1. The van der Waals surface area contributed by atoms with Gasteiger partial charge in [-0.2, -0.15) is 0 Å². The van der Waals surface area contributed by atoms with E-state index in [4.69, 9.17) is 5.73 Å². The molecule has 1 aromatic carbocycles. The zero-order valence-electron chi connectivity index (χ0n) is 14.1. The van der Waals surface area contributed by atoms with Crippen LogP contribution in [0.5, 0.6) is 0 Å².